The highest BCUT2D eigenvalue weighted by Crippen LogP contribution is 2.37. The molecule has 2 fully saturated rings. The van der Waals surface area contributed by atoms with Crippen LogP contribution >= 0.6 is 0 Å². The number of carbonyl (C=O) groups excluding carboxylic acids is 3. The number of rotatable bonds is 1. The fourth-order valence-electron chi connectivity index (χ4n) is 3.28. The van der Waals surface area contributed by atoms with Crippen molar-refractivity contribution in [3.8, 4) is 0 Å². The Morgan fingerprint density at radius 3 is 2.35 bits per heavy atom. The van der Waals surface area contributed by atoms with Crippen molar-refractivity contribution < 1.29 is 18.8 Å². The molecule has 7 heteroatoms. The van der Waals surface area contributed by atoms with Crippen molar-refractivity contribution in [3.05, 3.63) is 30.1 Å². The molecule has 1 aromatic carbocycles. The van der Waals surface area contributed by atoms with Gasteiger partial charge in [-0.1, -0.05) is 18.6 Å². The van der Waals surface area contributed by atoms with E-state index in [1.165, 1.54) is 24.6 Å². The van der Waals surface area contributed by atoms with Gasteiger partial charge in [0, 0.05) is 13.1 Å². The Morgan fingerprint density at radius 2 is 1.78 bits per heavy atom. The first-order valence-corrected chi connectivity index (χ1v) is 7.57. The number of nitrogens with one attached hydrogen (secondary N) is 1. The first-order valence-electron chi connectivity index (χ1n) is 7.57. The lowest BCUT2D eigenvalue weighted by Crippen LogP contribution is -2.38. The Hall–Kier alpha value is -2.44. The van der Waals surface area contributed by atoms with Crippen LogP contribution in [0, 0.1) is 17.7 Å². The molecule has 0 aromatic heterocycles. The van der Waals surface area contributed by atoms with Crippen LogP contribution in [0.1, 0.15) is 19.3 Å². The minimum Gasteiger partial charge on any atom is -0.372 e. The summed E-state index contributed by atoms with van der Waals surface area (Å²) in [5.74, 6) is -0.759. The third-order valence-corrected chi connectivity index (χ3v) is 4.33. The Kier molecular flexibility index (Phi) is 5.67. The van der Waals surface area contributed by atoms with Gasteiger partial charge in [-0.3, -0.25) is 14.4 Å². The van der Waals surface area contributed by atoms with Crippen LogP contribution in [0.4, 0.5) is 10.1 Å². The molecular formula is C16H20FN3O3. The van der Waals surface area contributed by atoms with Crippen molar-refractivity contribution in [1.29, 1.82) is 0 Å². The van der Waals surface area contributed by atoms with E-state index in [2.05, 4.69) is 11.1 Å². The second-order valence-electron chi connectivity index (χ2n) is 5.73. The van der Waals surface area contributed by atoms with E-state index in [4.69, 9.17) is 4.79 Å². The summed E-state index contributed by atoms with van der Waals surface area (Å²) in [7, 11) is 0. The van der Waals surface area contributed by atoms with Crippen LogP contribution in [-0.4, -0.2) is 36.2 Å². The number of halogens is 1. The molecule has 23 heavy (non-hydrogen) atoms. The predicted octanol–water partition coefficient (Wildman–Crippen LogP) is 1.12. The van der Waals surface area contributed by atoms with E-state index in [0.717, 1.165) is 12.8 Å². The van der Waals surface area contributed by atoms with Crippen molar-refractivity contribution in [3.63, 3.8) is 0 Å². The largest absolute Gasteiger partial charge is 0.372 e. The number of benzene rings is 1. The number of nitrogens with two attached hydrogens (primary N) is 1. The minimum absolute atomic E-state index is 0.0465. The number of anilines is 1. The molecule has 3 rings (SSSR count). The van der Waals surface area contributed by atoms with Crippen LogP contribution in [0.2, 0.25) is 0 Å². The summed E-state index contributed by atoms with van der Waals surface area (Å²) >= 11 is 0. The molecule has 2 aliphatic rings. The van der Waals surface area contributed by atoms with E-state index in [-0.39, 0.29) is 12.1 Å². The van der Waals surface area contributed by atoms with Gasteiger partial charge < -0.3 is 16.0 Å². The fourth-order valence-corrected chi connectivity index (χ4v) is 3.28. The van der Waals surface area contributed by atoms with Crippen molar-refractivity contribution in [2.45, 2.75) is 19.3 Å². The highest BCUT2D eigenvalue weighted by atomic mass is 19.1. The van der Waals surface area contributed by atoms with Crippen molar-refractivity contribution in [2.75, 3.05) is 18.4 Å². The van der Waals surface area contributed by atoms with Gasteiger partial charge in [-0.05, 0) is 36.8 Å². The maximum Gasteiger partial charge on any atom is 0.313 e. The van der Waals surface area contributed by atoms with Crippen LogP contribution < -0.4 is 11.1 Å². The summed E-state index contributed by atoms with van der Waals surface area (Å²) in [5, 5.41) is 2.35. The molecule has 1 saturated carbocycles. The molecule has 1 aliphatic carbocycles. The topological polar surface area (TPSA) is 92.5 Å². The van der Waals surface area contributed by atoms with E-state index >= 15 is 0 Å². The summed E-state index contributed by atoms with van der Waals surface area (Å²) in [5.41, 5.74) is 4.21. The summed E-state index contributed by atoms with van der Waals surface area (Å²) in [4.78, 5) is 34.2. The number of hydrogen-bond donors (Lipinski definition) is 2. The van der Waals surface area contributed by atoms with Gasteiger partial charge in [0.2, 0.25) is 6.41 Å². The quantitative estimate of drug-likeness (QED) is 0.600. The maximum atomic E-state index is 13.4. The molecule has 0 spiro atoms. The molecule has 2 unspecified atom stereocenters. The molecule has 1 heterocycles. The first kappa shape index (κ1) is 16.9. The van der Waals surface area contributed by atoms with Crippen LogP contribution in [0.3, 0.4) is 0 Å². The molecule has 3 N–H and O–H groups in total. The van der Waals surface area contributed by atoms with Gasteiger partial charge in [0.05, 0.1) is 5.69 Å². The van der Waals surface area contributed by atoms with E-state index in [0.29, 0.717) is 24.9 Å². The predicted molar refractivity (Wildman–Crippen MR) is 82.7 cm³/mol. The smallest absolute Gasteiger partial charge is 0.313 e. The molecule has 2 atom stereocenters. The lowest BCUT2D eigenvalue weighted by atomic mass is 10.0. The normalized spacial score (nSPS) is 21.9. The number of nitrogens with zero attached hydrogens (tertiary/aromatic N) is 1. The second kappa shape index (κ2) is 7.71. The minimum atomic E-state index is -0.755. The molecule has 3 amide bonds. The van der Waals surface area contributed by atoms with Crippen LogP contribution in [0.25, 0.3) is 0 Å². The summed E-state index contributed by atoms with van der Waals surface area (Å²) in [6.45, 7) is 1.32. The van der Waals surface area contributed by atoms with Crippen LogP contribution in [-0.2, 0) is 14.4 Å². The average Bonchev–Trinajstić information content (AvgIpc) is 3.11. The zero-order chi connectivity index (χ0) is 16.8. The van der Waals surface area contributed by atoms with Crippen molar-refractivity contribution >= 4 is 23.9 Å². The molecule has 124 valence electrons. The zero-order valence-electron chi connectivity index (χ0n) is 12.7. The highest BCUT2D eigenvalue weighted by Gasteiger charge is 2.39. The molecule has 6 nitrogen and oxygen atoms in total. The zero-order valence-corrected chi connectivity index (χ0v) is 12.7. The molecule has 0 radical (unpaired) electrons. The average molecular weight is 321 g/mol. The lowest BCUT2D eigenvalue weighted by molar-refractivity contribution is -0.142. The third kappa shape index (κ3) is 4.06. The summed E-state index contributed by atoms with van der Waals surface area (Å²) in [6.07, 6.45) is 3.76. The van der Waals surface area contributed by atoms with Crippen LogP contribution in [0.15, 0.2) is 24.3 Å². The van der Waals surface area contributed by atoms with Gasteiger partial charge in [-0.15, -0.1) is 0 Å². The number of primary amides is 1. The summed E-state index contributed by atoms with van der Waals surface area (Å²) in [6, 6.07) is 5.84. The number of amides is 3. The van der Waals surface area contributed by atoms with E-state index in [9.17, 15) is 14.0 Å². The van der Waals surface area contributed by atoms with Gasteiger partial charge in [0.1, 0.15) is 5.82 Å². The Bertz CT molecular complexity index is 582. The molecule has 1 saturated heterocycles. The third-order valence-electron chi connectivity index (χ3n) is 4.33. The van der Waals surface area contributed by atoms with Gasteiger partial charge in [-0.25, -0.2) is 4.39 Å². The van der Waals surface area contributed by atoms with Gasteiger partial charge in [0.25, 0.3) is 0 Å². The lowest BCUT2D eigenvalue weighted by Gasteiger charge is -2.16. The molecule has 1 aliphatic heterocycles. The molecule has 1 aromatic rings. The monoisotopic (exact) mass is 321 g/mol. The number of likely N-dealkylation sites (tertiary alicyclic amines) is 1. The van der Waals surface area contributed by atoms with E-state index in [1.807, 2.05) is 0 Å². The fraction of sp³-hybridized carbons (Fsp3) is 0.438. The Morgan fingerprint density at radius 1 is 1.22 bits per heavy atom. The number of fused-ring (bicyclic) bond motifs is 1. The number of hydrogen-bond acceptors (Lipinski definition) is 3. The molecule has 0 bridgehead atoms. The van der Waals surface area contributed by atoms with Gasteiger partial charge >= 0.3 is 11.8 Å². The van der Waals surface area contributed by atoms with E-state index in [1.54, 1.807) is 11.0 Å². The summed E-state index contributed by atoms with van der Waals surface area (Å²) < 4.78 is 13.4. The van der Waals surface area contributed by atoms with Gasteiger partial charge in [-0.2, -0.15) is 0 Å². The Balaban J connectivity index is 0.000000595. The first-order chi connectivity index (χ1) is 11.1. The SMILES string of the molecule is NC=O.O=C(Nc1ccccc1F)C(=O)N1CC2CCCC2C1. The van der Waals surface area contributed by atoms with Crippen molar-refractivity contribution in [2.24, 2.45) is 17.6 Å². The highest BCUT2D eigenvalue weighted by molar-refractivity contribution is 6.39. The Labute approximate surface area is 133 Å². The standard InChI is InChI=1S/C15H17FN2O2.CH3NO/c16-12-6-1-2-7-13(12)17-14(19)15(20)18-8-10-4-3-5-11(10)9-18;2-1-3/h1-2,6-7,10-11H,3-5,8-9H2,(H,17,19);1H,(H2,2,3). The number of carbonyl (C=O) groups is 3. The van der Waals surface area contributed by atoms with E-state index < -0.39 is 17.6 Å². The van der Waals surface area contributed by atoms with Crippen molar-refractivity contribution in [1.82, 2.24) is 4.90 Å². The maximum absolute atomic E-state index is 13.4. The molecular weight excluding hydrogens is 301 g/mol. The van der Waals surface area contributed by atoms with Crippen LogP contribution in [0.5, 0.6) is 0 Å². The van der Waals surface area contributed by atoms with Gasteiger partial charge in [0.15, 0.2) is 0 Å². The number of para-hydroxylation sites is 1. The second-order valence-corrected chi connectivity index (χ2v) is 5.73.